The second kappa shape index (κ2) is 7.42. The fourth-order valence-corrected chi connectivity index (χ4v) is 4.19. The number of halogens is 2. The average Bonchev–Trinajstić information content (AvgIpc) is 2.54. The first-order valence-corrected chi connectivity index (χ1v) is 9.11. The lowest BCUT2D eigenvalue weighted by atomic mass is 10.2. The predicted molar refractivity (Wildman–Crippen MR) is 93.6 cm³/mol. The monoisotopic (exact) mass is 387 g/mol. The third-order valence-electron chi connectivity index (χ3n) is 3.33. The van der Waals surface area contributed by atoms with Crippen LogP contribution in [0, 0.1) is 6.92 Å². The molecular weight excluding hydrogens is 373 g/mol. The van der Waals surface area contributed by atoms with Gasteiger partial charge in [-0.3, -0.25) is 4.79 Å². The SMILES string of the molecule is COC(=O)CNc1cccc(C)c1S(=O)(=O)c1ccc(Cl)c(Cl)c1. The lowest BCUT2D eigenvalue weighted by molar-refractivity contribution is -0.138. The van der Waals surface area contributed by atoms with Crippen molar-refractivity contribution < 1.29 is 17.9 Å². The number of sulfone groups is 1. The highest BCUT2D eigenvalue weighted by Crippen LogP contribution is 2.33. The first kappa shape index (κ1) is 18.6. The zero-order valence-corrected chi connectivity index (χ0v) is 15.3. The summed E-state index contributed by atoms with van der Waals surface area (Å²) in [4.78, 5) is 11.4. The second-order valence-electron chi connectivity index (χ2n) is 4.96. The fourth-order valence-electron chi connectivity index (χ4n) is 2.15. The van der Waals surface area contributed by atoms with E-state index in [0.717, 1.165) is 0 Å². The number of hydrogen-bond acceptors (Lipinski definition) is 5. The van der Waals surface area contributed by atoms with Crippen LogP contribution in [0.25, 0.3) is 0 Å². The summed E-state index contributed by atoms with van der Waals surface area (Å²) in [6.45, 7) is 1.53. The van der Waals surface area contributed by atoms with Crippen LogP contribution < -0.4 is 5.32 Å². The lowest BCUT2D eigenvalue weighted by Crippen LogP contribution is -2.17. The van der Waals surface area contributed by atoms with Crippen molar-refractivity contribution in [3.8, 4) is 0 Å². The van der Waals surface area contributed by atoms with Gasteiger partial charge in [0.05, 0.1) is 32.6 Å². The Morgan fingerprint density at radius 2 is 1.88 bits per heavy atom. The molecule has 0 spiro atoms. The number of methoxy groups -OCH3 is 1. The summed E-state index contributed by atoms with van der Waals surface area (Å²) < 4.78 is 30.5. The van der Waals surface area contributed by atoms with Crippen LogP contribution in [0.3, 0.4) is 0 Å². The number of anilines is 1. The Labute approximate surface area is 150 Å². The highest BCUT2D eigenvalue weighted by molar-refractivity contribution is 7.91. The molecule has 0 amide bonds. The molecule has 0 unspecified atom stereocenters. The van der Waals surface area contributed by atoms with Gasteiger partial charge in [0.1, 0.15) is 6.54 Å². The fraction of sp³-hybridized carbons (Fsp3) is 0.188. The number of ether oxygens (including phenoxy) is 1. The van der Waals surface area contributed by atoms with Crippen LogP contribution >= 0.6 is 23.2 Å². The Morgan fingerprint density at radius 1 is 1.17 bits per heavy atom. The summed E-state index contributed by atoms with van der Waals surface area (Å²) in [7, 11) is -2.59. The Morgan fingerprint density at radius 3 is 2.50 bits per heavy atom. The van der Waals surface area contributed by atoms with Gasteiger partial charge < -0.3 is 10.1 Å². The molecule has 0 heterocycles. The molecule has 0 aliphatic heterocycles. The van der Waals surface area contributed by atoms with Crippen LogP contribution in [0.15, 0.2) is 46.2 Å². The van der Waals surface area contributed by atoms with E-state index in [1.54, 1.807) is 25.1 Å². The van der Waals surface area contributed by atoms with Gasteiger partial charge in [-0.2, -0.15) is 0 Å². The van der Waals surface area contributed by atoms with Crippen LogP contribution in [0.4, 0.5) is 5.69 Å². The van der Waals surface area contributed by atoms with E-state index in [4.69, 9.17) is 23.2 Å². The molecule has 0 aliphatic carbocycles. The molecule has 0 saturated carbocycles. The van der Waals surface area contributed by atoms with E-state index in [-0.39, 0.29) is 26.4 Å². The molecule has 0 bridgehead atoms. The number of esters is 1. The summed E-state index contributed by atoms with van der Waals surface area (Å²) >= 11 is 11.8. The quantitative estimate of drug-likeness (QED) is 0.791. The predicted octanol–water partition coefficient (Wildman–Crippen LogP) is 3.72. The molecule has 2 aromatic carbocycles. The lowest BCUT2D eigenvalue weighted by Gasteiger charge is -2.15. The molecule has 2 rings (SSSR count). The number of aryl methyl sites for hydroxylation is 1. The highest BCUT2D eigenvalue weighted by atomic mass is 35.5. The van der Waals surface area contributed by atoms with Crippen molar-refractivity contribution in [2.24, 2.45) is 0 Å². The van der Waals surface area contributed by atoms with E-state index >= 15 is 0 Å². The Bertz CT molecular complexity index is 882. The molecule has 8 heteroatoms. The topological polar surface area (TPSA) is 72.5 Å². The molecule has 0 radical (unpaired) electrons. The largest absolute Gasteiger partial charge is 0.468 e. The minimum absolute atomic E-state index is 0.0207. The Balaban J connectivity index is 2.53. The highest BCUT2D eigenvalue weighted by Gasteiger charge is 2.24. The van der Waals surface area contributed by atoms with Gasteiger partial charge in [-0.1, -0.05) is 35.3 Å². The summed E-state index contributed by atoms with van der Waals surface area (Å²) in [5.41, 5.74) is 0.849. The number of hydrogen-bond donors (Lipinski definition) is 1. The maximum Gasteiger partial charge on any atom is 0.325 e. The van der Waals surface area contributed by atoms with Crippen LogP contribution in [-0.4, -0.2) is 28.0 Å². The number of rotatable bonds is 5. The van der Waals surface area contributed by atoms with E-state index in [2.05, 4.69) is 10.1 Å². The van der Waals surface area contributed by atoms with Crippen LogP contribution in [0.5, 0.6) is 0 Å². The molecule has 0 aliphatic rings. The Kier molecular flexibility index (Phi) is 5.74. The van der Waals surface area contributed by atoms with Gasteiger partial charge >= 0.3 is 5.97 Å². The first-order chi connectivity index (χ1) is 11.3. The van der Waals surface area contributed by atoms with E-state index in [0.29, 0.717) is 11.3 Å². The second-order valence-corrected chi connectivity index (χ2v) is 7.66. The summed E-state index contributed by atoms with van der Waals surface area (Å²) in [5.74, 6) is -0.505. The van der Waals surface area contributed by atoms with Crippen molar-refractivity contribution in [1.29, 1.82) is 0 Å². The Hall–Kier alpha value is -1.76. The third kappa shape index (κ3) is 3.83. The molecule has 5 nitrogen and oxygen atoms in total. The van der Waals surface area contributed by atoms with Gasteiger partial charge in [-0.15, -0.1) is 0 Å². The van der Waals surface area contributed by atoms with E-state index in [1.807, 2.05) is 0 Å². The zero-order chi connectivity index (χ0) is 17.9. The molecule has 0 fully saturated rings. The molecule has 0 atom stereocenters. The van der Waals surface area contributed by atoms with E-state index in [9.17, 15) is 13.2 Å². The van der Waals surface area contributed by atoms with Gasteiger partial charge in [0, 0.05) is 0 Å². The summed E-state index contributed by atoms with van der Waals surface area (Å²) in [6, 6.07) is 9.07. The van der Waals surface area contributed by atoms with Crippen molar-refractivity contribution in [2.75, 3.05) is 19.0 Å². The maximum absolute atomic E-state index is 13.0. The van der Waals surface area contributed by atoms with E-state index < -0.39 is 15.8 Å². The molecular formula is C16H15Cl2NO4S. The standard InChI is InChI=1S/C16H15Cl2NO4S/c1-10-4-3-5-14(19-9-15(20)23-2)16(10)24(21,22)11-6-7-12(17)13(18)8-11/h3-8,19H,9H2,1-2H3. The van der Waals surface area contributed by atoms with Gasteiger partial charge in [0.15, 0.2) is 0 Å². The number of nitrogens with one attached hydrogen (secondary N) is 1. The third-order valence-corrected chi connectivity index (χ3v) is 6.03. The maximum atomic E-state index is 13.0. The number of carbonyl (C=O) groups is 1. The van der Waals surface area contributed by atoms with Crippen molar-refractivity contribution in [3.63, 3.8) is 0 Å². The van der Waals surface area contributed by atoms with Crippen LogP contribution in [0.2, 0.25) is 10.0 Å². The summed E-state index contributed by atoms with van der Waals surface area (Å²) in [6.07, 6.45) is 0. The van der Waals surface area contributed by atoms with Crippen molar-refractivity contribution in [1.82, 2.24) is 0 Å². The normalized spacial score (nSPS) is 11.2. The average molecular weight is 388 g/mol. The van der Waals surface area contributed by atoms with Crippen molar-refractivity contribution >= 4 is 44.7 Å². The van der Waals surface area contributed by atoms with Crippen LogP contribution in [-0.2, 0) is 19.4 Å². The van der Waals surface area contributed by atoms with Gasteiger partial charge in [-0.05, 0) is 36.8 Å². The molecule has 128 valence electrons. The smallest absolute Gasteiger partial charge is 0.325 e. The minimum Gasteiger partial charge on any atom is -0.468 e. The van der Waals surface area contributed by atoms with Crippen molar-refractivity contribution in [2.45, 2.75) is 16.7 Å². The zero-order valence-electron chi connectivity index (χ0n) is 13.0. The number of benzene rings is 2. The van der Waals surface area contributed by atoms with E-state index in [1.165, 1.54) is 25.3 Å². The molecule has 2 aromatic rings. The molecule has 0 aromatic heterocycles. The van der Waals surface area contributed by atoms with Gasteiger partial charge in [-0.25, -0.2) is 8.42 Å². The van der Waals surface area contributed by atoms with Gasteiger partial charge in [0.2, 0.25) is 9.84 Å². The molecule has 0 saturated heterocycles. The molecule has 24 heavy (non-hydrogen) atoms. The minimum atomic E-state index is -3.85. The summed E-state index contributed by atoms with van der Waals surface area (Å²) in [5, 5.41) is 3.21. The van der Waals surface area contributed by atoms with Crippen LogP contribution in [0.1, 0.15) is 5.56 Å². The van der Waals surface area contributed by atoms with Gasteiger partial charge in [0.25, 0.3) is 0 Å². The molecule has 1 N–H and O–H groups in total. The van der Waals surface area contributed by atoms with Crippen molar-refractivity contribution in [3.05, 3.63) is 52.0 Å². The number of carbonyl (C=O) groups excluding carboxylic acids is 1. The first-order valence-electron chi connectivity index (χ1n) is 6.88.